The molecule has 0 fully saturated rings. The molecule has 0 aromatic rings. The Morgan fingerprint density at radius 3 is 1.37 bits per heavy atom. The highest BCUT2D eigenvalue weighted by atomic mass is 16.5. The molecular weight excluding hydrogens is 504 g/mol. The van der Waals surface area contributed by atoms with Crippen LogP contribution in [0.1, 0.15) is 195 Å². The lowest BCUT2D eigenvalue weighted by Gasteiger charge is -2.29. The van der Waals surface area contributed by atoms with Gasteiger partial charge in [-0.1, -0.05) is 156 Å². The van der Waals surface area contributed by atoms with Crippen molar-refractivity contribution in [1.82, 2.24) is 4.90 Å². The zero-order valence-corrected chi connectivity index (χ0v) is 29.0. The molecular formula is C37H78N2O2. The minimum atomic E-state index is -0.387. The lowest BCUT2D eigenvalue weighted by Crippen LogP contribution is -2.39. The maximum atomic E-state index is 10.8. The Morgan fingerprint density at radius 1 is 0.561 bits per heavy atom. The summed E-state index contributed by atoms with van der Waals surface area (Å²) in [6.45, 7) is 10.7. The Morgan fingerprint density at radius 2 is 0.951 bits per heavy atom. The molecule has 0 radical (unpaired) electrons. The SMILES string of the molecule is CCCCCCCCCCCCCC(N)C(O)C(C)CCCN(C)C(CCCCCCCCCCCCC)OCC. The first-order chi connectivity index (χ1) is 20.0. The van der Waals surface area contributed by atoms with Gasteiger partial charge in [-0.05, 0) is 52.0 Å². The summed E-state index contributed by atoms with van der Waals surface area (Å²) in [6, 6.07) is -0.0847. The summed E-state index contributed by atoms with van der Waals surface area (Å²) < 4.78 is 6.10. The molecule has 0 heterocycles. The number of ether oxygens (including phenoxy) is 1. The second-order valence-corrected chi connectivity index (χ2v) is 13.3. The third kappa shape index (κ3) is 26.0. The third-order valence-electron chi connectivity index (χ3n) is 9.24. The van der Waals surface area contributed by atoms with E-state index in [4.69, 9.17) is 10.5 Å². The van der Waals surface area contributed by atoms with Gasteiger partial charge in [0.15, 0.2) is 0 Å². The first-order valence-corrected chi connectivity index (χ1v) is 18.7. The van der Waals surface area contributed by atoms with Crippen molar-refractivity contribution in [3.05, 3.63) is 0 Å². The summed E-state index contributed by atoms with van der Waals surface area (Å²) in [6.07, 6.45) is 34.1. The number of hydrogen-bond donors (Lipinski definition) is 2. The molecule has 0 rings (SSSR count). The maximum Gasteiger partial charge on any atom is 0.110 e. The van der Waals surface area contributed by atoms with Crippen molar-refractivity contribution in [3.63, 3.8) is 0 Å². The molecule has 4 heteroatoms. The minimum absolute atomic E-state index is 0.0847. The van der Waals surface area contributed by atoms with Crippen LogP contribution in [0.2, 0.25) is 0 Å². The van der Waals surface area contributed by atoms with Crippen LogP contribution in [0.15, 0.2) is 0 Å². The molecule has 4 nitrogen and oxygen atoms in total. The second kappa shape index (κ2) is 31.3. The van der Waals surface area contributed by atoms with Gasteiger partial charge in [0.25, 0.3) is 0 Å². The first-order valence-electron chi connectivity index (χ1n) is 18.7. The number of nitrogens with zero attached hydrogens (tertiary/aromatic N) is 1. The van der Waals surface area contributed by atoms with E-state index in [0.717, 1.165) is 45.3 Å². The summed E-state index contributed by atoms with van der Waals surface area (Å²) >= 11 is 0. The van der Waals surface area contributed by atoms with Gasteiger partial charge >= 0.3 is 0 Å². The molecule has 0 saturated carbocycles. The molecule has 248 valence electrons. The van der Waals surface area contributed by atoms with Gasteiger partial charge in [0.1, 0.15) is 6.23 Å². The standard InChI is InChI=1S/C37H78N2O2/c1-6-9-11-13-15-17-19-21-23-25-27-31-35(38)37(40)34(4)30-29-33-39(5)36(41-8-3)32-28-26-24-22-20-18-16-14-12-10-7-2/h34-37,40H,6-33,38H2,1-5H3. The lowest BCUT2D eigenvalue weighted by molar-refractivity contribution is -0.0495. The molecule has 0 saturated heterocycles. The van der Waals surface area contributed by atoms with Crippen LogP contribution in [-0.4, -0.2) is 48.6 Å². The monoisotopic (exact) mass is 583 g/mol. The number of aliphatic hydroxyl groups excluding tert-OH is 1. The van der Waals surface area contributed by atoms with Crippen LogP contribution in [0.25, 0.3) is 0 Å². The third-order valence-corrected chi connectivity index (χ3v) is 9.24. The molecule has 0 aliphatic carbocycles. The smallest absolute Gasteiger partial charge is 0.110 e. The second-order valence-electron chi connectivity index (χ2n) is 13.3. The van der Waals surface area contributed by atoms with Crippen LogP contribution in [-0.2, 0) is 4.74 Å². The summed E-state index contributed by atoms with van der Waals surface area (Å²) in [4.78, 5) is 2.39. The number of unbranched alkanes of at least 4 members (excludes halogenated alkanes) is 20. The fourth-order valence-electron chi connectivity index (χ4n) is 6.22. The highest BCUT2D eigenvalue weighted by Crippen LogP contribution is 2.19. The summed E-state index contributed by atoms with van der Waals surface area (Å²) in [5.74, 6) is 0.253. The Hall–Kier alpha value is -0.160. The van der Waals surface area contributed by atoms with E-state index in [9.17, 15) is 5.11 Å². The van der Waals surface area contributed by atoms with E-state index in [0.29, 0.717) is 0 Å². The van der Waals surface area contributed by atoms with Crippen LogP contribution in [0.4, 0.5) is 0 Å². The van der Waals surface area contributed by atoms with E-state index in [1.165, 1.54) is 135 Å². The van der Waals surface area contributed by atoms with E-state index in [-0.39, 0.29) is 24.3 Å². The predicted molar refractivity (Wildman–Crippen MR) is 183 cm³/mol. The molecule has 41 heavy (non-hydrogen) atoms. The van der Waals surface area contributed by atoms with E-state index in [2.05, 4.69) is 39.6 Å². The van der Waals surface area contributed by atoms with Gasteiger partial charge in [-0.2, -0.15) is 0 Å². The number of nitrogens with two attached hydrogens (primary N) is 1. The summed E-state index contributed by atoms with van der Waals surface area (Å²) in [5.41, 5.74) is 6.41. The highest BCUT2D eigenvalue weighted by molar-refractivity contribution is 4.77. The molecule has 4 unspecified atom stereocenters. The van der Waals surface area contributed by atoms with Crippen LogP contribution >= 0.6 is 0 Å². The van der Waals surface area contributed by atoms with Crippen molar-refractivity contribution in [3.8, 4) is 0 Å². The van der Waals surface area contributed by atoms with Gasteiger partial charge in [-0.15, -0.1) is 0 Å². The lowest BCUT2D eigenvalue weighted by atomic mass is 9.91. The largest absolute Gasteiger partial charge is 0.391 e. The van der Waals surface area contributed by atoms with Crippen LogP contribution in [0, 0.1) is 5.92 Å². The minimum Gasteiger partial charge on any atom is -0.391 e. The Labute approximate surface area is 259 Å². The van der Waals surface area contributed by atoms with Crippen molar-refractivity contribution >= 4 is 0 Å². The van der Waals surface area contributed by atoms with Crippen LogP contribution in [0.3, 0.4) is 0 Å². The average molecular weight is 583 g/mol. The molecule has 0 aromatic carbocycles. The quantitative estimate of drug-likeness (QED) is 0.0597. The Balaban J connectivity index is 3.89. The molecule has 0 aliphatic rings. The van der Waals surface area contributed by atoms with Gasteiger partial charge in [-0.25, -0.2) is 0 Å². The Bertz CT molecular complexity index is 503. The van der Waals surface area contributed by atoms with Gasteiger partial charge in [0.2, 0.25) is 0 Å². The summed E-state index contributed by atoms with van der Waals surface area (Å²) in [5, 5.41) is 10.8. The predicted octanol–water partition coefficient (Wildman–Crippen LogP) is 10.8. The summed E-state index contributed by atoms with van der Waals surface area (Å²) in [7, 11) is 2.21. The molecule has 0 bridgehead atoms. The van der Waals surface area contributed by atoms with Crippen molar-refractivity contribution in [1.29, 1.82) is 0 Å². The van der Waals surface area contributed by atoms with Gasteiger partial charge in [0.05, 0.1) is 6.10 Å². The zero-order chi connectivity index (χ0) is 30.4. The average Bonchev–Trinajstić information content (AvgIpc) is 2.97. The Kier molecular flexibility index (Phi) is 31.1. The van der Waals surface area contributed by atoms with Crippen molar-refractivity contribution in [2.75, 3.05) is 20.2 Å². The maximum absolute atomic E-state index is 10.8. The van der Waals surface area contributed by atoms with Gasteiger partial charge in [0, 0.05) is 19.2 Å². The van der Waals surface area contributed by atoms with Crippen molar-refractivity contribution in [2.45, 2.75) is 213 Å². The zero-order valence-electron chi connectivity index (χ0n) is 29.0. The van der Waals surface area contributed by atoms with Crippen molar-refractivity contribution < 1.29 is 9.84 Å². The van der Waals surface area contributed by atoms with Crippen LogP contribution in [0.5, 0.6) is 0 Å². The highest BCUT2D eigenvalue weighted by Gasteiger charge is 2.22. The van der Waals surface area contributed by atoms with E-state index in [1.807, 2.05) is 0 Å². The van der Waals surface area contributed by atoms with Crippen molar-refractivity contribution in [2.24, 2.45) is 11.7 Å². The molecule has 0 aliphatic heterocycles. The molecule has 4 atom stereocenters. The normalized spacial score (nSPS) is 14.9. The molecule has 3 N–H and O–H groups in total. The van der Waals surface area contributed by atoms with Gasteiger partial charge < -0.3 is 15.6 Å². The fourth-order valence-corrected chi connectivity index (χ4v) is 6.22. The first kappa shape index (κ1) is 40.8. The van der Waals surface area contributed by atoms with Crippen LogP contribution < -0.4 is 5.73 Å². The molecule has 0 spiro atoms. The number of rotatable bonds is 33. The van der Waals surface area contributed by atoms with E-state index in [1.54, 1.807) is 0 Å². The number of aliphatic hydroxyl groups is 1. The van der Waals surface area contributed by atoms with Gasteiger partial charge in [-0.3, -0.25) is 4.90 Å². The van der Waals surface area contributed by atoms with E-state index >= 15 is 0 Å². The topological polar surface area (TPSA) is 58.7 Å². The van der Waals surface area contributed by atoms with E-state index < -0.39 is 0 Å². The fraction of sp³-hybridized carbons (Fsp3) is 1.00. The molecule has 0 amide bonds. The number of hydrogen-bond acceptors (Lipinski definition) is 4. The molecule has 0 aromatic heterocycles.